The van der Waals surface area contributed by atoms with Gasteiger partial charge >= 0.3 is 0 Å². The van der Waals surface area contributed by atoms with Crippen LogP contribution in [-0.2, 0) is 6.54 Å². The summed E-state index contributed by atoms with van der Waals surface area (Å²) in [5.74, 6) is 0.932. The second-order valence-electron chi connectivity index (χ2n) is 13.7. The molecule has 10 rings (SSSR count). The van der Waals surface area contributed by atoms with Gasteiger partial charge in [0.2, 0.25) is 0 Å². The van der Waals surface area contributed by atoms with E-state index >= 15 is 0 Å². The average molecular weight is 690 g/mol. The van der Waals surface area contributed by atoms with Crippen molar-refractivity contribution in [3.8, 4) is 28.2 Å². The smallest absolute Gasteiger partial charge is 0.145 e. The standard InChI is InChI=1S/C51H35N3/c1-4-16-36(17-5-1)50(37-18-6-2-7-19-37)52-34-39-32-46-44-25-13-12-24-43(44)45(33-47(46)42-23-11-10-22-41(39)42)35-28-30-38(31-29-35)51-53-48-26-14-15-27-49(48)54(51)40-20-8-3-9-21-40/h1-33H,34H2. The highest BCUT2D eigenvalue weighted by Gasteiger charge is 2.17. The van der Waals surface area contributed by atoms with Crippen molar-refractivity contribution >= 4 is 49.1 Å². The van der Waals surface area contributed by atoms with Crippen molar-refractivity contribution in [1.29, 1.82) is 0 Å². The van der Waals surface area contributed by atoms with E-state index in [4.69, 9.17) is 9.98 Å². The van der Waals surface area contributed by atoms with Gasteiger partial charge in [-0.05, 0) is 85.4 Å². The maximum absolute atomic E-state index is 5.32. The molecular weight excluding hydrogens is 655 g/mol. The first-order chi connectivity index (χ1) is 26.8. The lowest BCUT2D eigenvalue weighted by Crippen LogP contribution is -2.04. The Bertz CT molecular complexity index is 2940. The second kappa shape index (κ2) is 13.5. The van der Waals surface area contributed by atoms with E-state index in [1.807, 2.05) is 0 Å². The highest BCUT2D eigenvalue weighted by Crippen LogP contribution is 2.40. The summed E-state index contributed by atoms with van der Waals surface area (Å²) in [5, 5.41) is 7.42. The highest BCUT2D eigenvalue weighted by atomic mass is 15.1. The first-order valence-electron chi connectivity index (χ1n) is 18.5. The van der Waals surface area contributed by atoms with Gasteiger partial charge in [-0.15, -0.1) is 0 Å². The lowest BCUT2D eigenvalue weighted by atomic mass is 9.89. The molecule has 0 saturated carbocycles. The fourth-order valence-corrected chi connectivity index (χ4v) is 7.96. The average Bonchev–Trinajstić information content (AvgIpc) is 3.64. The van der Waals surface area contributed by atoms with E-state index in [9.17, 15) is 0 Å². The van der Waals surface area contributed by atoms with Gasteiger partial charge in [0.05, 0.1) is 23.3 Å². The van der Waals surface area contributed by atoms with Crippen LogP contribution in [0.3, 0.4) is 0 Å². The molecule has 0 amide bonds. The van der Waals surface area contributed by atoms with Crippen molar-refractivity contribution in [3.63, 3.8) is 0 Å². The molecule has 254 valence electrons. The molecule has 3 heteroatoms. The van der Waals surface area contributed by atoms with Crippen LogP contribution < -0.4 is 0 Å². The van der Waals surface area contributed by atoms with Crippen LogP contribution >= 0.6 is 0 Å². The molecule has 1 aromatic heterocycles. The minimum absolute atomic E-state index is 0.570. The number of imidazole rings is 1. The third kappa shape index (κ3) is 5.55. The van der Waals surface area contributed by atoms with E-state index in [1.165, 1.54) is 49.0 Å². The van der Waals surface area contributed by atoms with E-state index in [-0.39, 0.29) is 0 Å². The van der Waals surface area contributed by atoms with Gasteiger partial charge < -0.3 is 0 Å². The predicted molar refractivity (Wildman–Crippen MR) is 227 cm³/mol. The first kappa shape index (κ1) is 31.6. The van der Waals surface area contributed by atoms with Crippen molar-refractivity contribution < 1.29 is 0 Å². The van der Waals surface area contributed by atoms with Crippen LogP contribution in [0.5, 0.6) is 0 Å². The SMILES string of the molecule is c1ccc(C(=NCc2cc3c4ccccc4c(-c4ccc(-c5nc6ccccc6n5-c5ccccc5)cc4)cc3c3ccccc23)c2ccccc2)cc1. The second-order valence-corrected chi connectivity index (χ2v) is 13.7. The normalized spacial score (nSPS) is 11.4. The summed E-state index contributed by atoms with van der Waals surface area (Å²) in [7, 11) is 0. The zero-order valence-electron chi connectivity index (χ0n) is 29.6. The Morgan fingerprint density at radius 1 is 0.444 bits per heavy atom. The summed E-state index contributed by atoms with van der Waals surface area (Å²) in [6.45, 7) is 0.570. The van der Waals surface area contributed by atoms with Crippen LogP contribution in [0.1, 0.15) is 16.7 Å². The number of para-hydroxylation sites is 3. The van der Waals surface area contributed by atoms with Gasteiger partial charge in [0.15, 0.2) is 0 Å². The molecule has 0 unspecified atom stereocenters. The Morgan fingerprint density at radius 2 is 0.963 bits per heavy atom. The third-order valence-corrected chi connectivity index (χ3v) is 10.5. The zero-order chi connectivity index (χ0) is 35.8. The molecule has 3 nitrogen and oxygen atoms in total. The van der Waals surface area contributed by atoms with E-state index in [0.29, 0.717) is 6.54 Å². The summed E-state index contributed by atoms with van der Waals surface area (Å²) < 4.78 is 2.26. The summed E-state index contributed by atoms with van der Waals surface area (Å²) in [6.07, 6.45) is 0. The molecule has 0 saturated heterocycles. The third-order valence-electron chi connectivity index (χ3n) is 10.5. The number of fused-ring (bicyclic) bond motifs is 6. The summed E-state index contributed by atoms with van der Waals surface area (Å²) >= 11 is 0. The largest absolute Gasteiger partial charge is 0.292 e. The lowest BCUT2D eigenvalue weighted by Gasteiger charge is -2.16. The van der Waals surface area contributed by atoms with Gasteiger partial charge in [0.1, 0.15) is 5.82 Å². The molecule has 0 N–H and O–H groups in total. The Labute approximate surface area is 314 Å². The molecule has 10 aromatic rings. The summed E-state index contributed by atoms with van der Waals surface area (Å²) in [6, 6.07) is 71.1. The van der Waals surface area contributed by atoms with Gasteiger partial charge in [-0.2, -0.15) is 0 Å². The summed E-state index contributed by atoms with van der Waals surface area (Å²) in [4.78, 5) is 10.4. The van der Waals surface area contributed by atoms with Crippen molar-refractivity contribution in [3.05, 3.63) is 217 Å². The number of aliphatic imine (C=N–C) groups is 1. The fourth-order valence-electron chi connectivity index (χ4n) is 7.96. The van der Waals surface area contributed by atoms with E-state index < -0.39 is 0 Å². The topological polar surface area (TPSA) is 30.2 Å². The Hall–Kier alpha value is -7.10. The molecule has 9 aromatic carbocycles. The molecule has 1 heterocycles. The monoisotopic (exact) mass is 689 g/mol. The molecule has 0 atom stereocenters. The number of rotatable bonds is 7. The van der Waals surface area contributed by atoms with Gasteiger partial charge in [-0.25, -0.2) is 4.98 Å². The van der Waals surface area contributed by atoms with Crippen LogP contribution in [0.15, 0.2) is 205 Å². The quantitative estimate of drug-likeness (QED) is 0.121. The Kier molecular flexibility index (Phi) is 7.88. The molecule has 0 spiro atoms. The van der Waals surface area contributed by atoms with E-state index in [0.717, 1.165) is 44.9 Å². The maximum Gasteiger partial charge on any atom is 0.145 e. The number of nitrogens with zero attached hydrogens (tertiary/aromatic N) is 3. The number of aromatic nitrogens is 2. The van der Waals surface area contributed by atoms with Crippen molar-refractivity contribution in [2.24, 2.45) is 4.99 Å². The van der Waals surface area contributed by atoms with Crippen LogP contribution in [-0.4, -0.2) is 15.3 Å². The van der Waals surface area contributed by atoms with Crippen LogP contribution in [0, 0.1) is 0 Å². The van der Waals surface area contributed by atoms with Gasteiger partial charge in [0.25, 0.3) is 0 Å². The number of benzene rings is 9. The highest BCUT2D eigenvalue weighted by molar-refractivity contribution is 6.22. The molecule has 0 radical (unpaired) electrons. The fraction of sp³-hybridized carbons (Fsp3) is 0.0196. The molecule has 0 aliphatic carbocycles. The number of hydrogen-bond donors (Lipinski definition) is 0. The lowest BCUT2D eigenvalue weighted by molar-refractivity contribution is 1.08. The minimum Gasteiger partial charge on any atom is -0.292 e. The predicted octanol–water partition coefficient (Wildman–Crippen LogP) is 12.9. The minimum atomic E-state index is 0.570. The molecule has 0 aliphatic rings. The van der Waals surface area contributed by atoms with Crippen molar-refractivity contribution in [1.82, 2.24) is 9.55 Å². The molecule has 0 aliphatic heterocycles. The Morgan fingerprint density at radius 3 is 1.65 bits per heavy atom. The maximum atomic E-state index is 5.32. The van der Waals surface area contributed by atoms with E-state index in [1.54, 1.807) is 0 Å². The zero-order valence-corrected chi connectivity index (χ0v) is 29.6. The number of hydrogen-bond acceptors (Lipinski definition) is 2. The van der Waals surface area contributed by atoms with Crippen LogP contribution in [0.4, 0.5) is 0 Å². The Balaban J connectivity index is 1.11. The van der Waals surface area contributed by atoms with Crippen molar-refractivity contribution in [2.45, 2.75) is 6.54 Å². The van der Waals surface area contributed by atoms with Crippen LogP contribution in [0.25, 0.3) is 71.6 Å². The molecular formula is C51H35N3. The molecule has 54 heavy (non-hydrogen) atoms. The summed E-state index contributed by atoms with van der Waals surface area (Å²) in [5.41, 5.74) is 11.1. The van der Waals surface area contributed by atoms with E-state index in [2.05, 4.69) is 205 Å². The van der Waals surface area contributed by atoms with Crippen molar-refractivity contribution in [2.75, 3.05) is 0 Å². The molecule has 0 bridgehead atoms. The van der Waals surface area contributed by atoms with Gasteiger partial charge in [-0.1, -0.05) is 164 Å². The van der Waals surface area contributed by atoms with Crippen LogP contribution in [0.2, 0.25) is 0 Å². The molecule has 0 fully saturated rings. The van der Waals surface area contributed by atoms with Gasteiger partial charge in [0, 0.05) is 22.4 Å². The van der Waals surface area contributed by atoms with Gasteiger partial charge in [-0.3, -0.25) is 9.56 Å². The first-order valence-corrected chi connectivity index (χ1v) is 18.5.